The molecule has 2 aromatic heterocycles. The van der Waals surface area contributed by atoms with Crippen LogP contribution in [0.3, 0.4) is 0 Å². The molecule has 6 aromatic carbocycles. The molecule has 0 saturated carbocycles. The predicted molar refractivity (Wildman–Crippen MR) is 487 cm³/mol. The zero-order chi connectivity index (χ0) is 75.8. The van der Waals surface area contributed by atoms with Gasteiger partial charge >= 0.3 is 0 Å². The van der Waals surface area contributed by atoms with E-state index in [1.165, 1.54) is 137 Å². The summed E-state index contributed by atoms with van der Waals surface area (Å²) in [5.41, 5.74) is 9.93. The smallest absolute Gasteiger partial charge is 0.199 e. The van der Waals surface area contributed by atoms with Gasteiger partial charge in [-0.25, -0.2) is 0 Å². The first kappa shape index (κ1) is 91.6. The van der Waals surface area contributed by atoms with Gasteiger partial charge in [0.05, 0.1) is 65.8 Å². The largest absolute Gasteiger partial charge is 0.464 e. The van der Waals surface area contributed by atoms with Crippen molar-refractivity contribution in [2.24, 2.45) is 10.8 Å². The second-order valence-corrected chi connectivity index (χ2v) is 56.6. The number of ether oxygens (including phenoxy) is 4. The first-order valence-electron chi connectivity index (χ1n) is 40.9. The summed E-state index contributed by atoms with van der Waals surface area (Å²) in [7, 11) is -2.01. The van der Waals surface area contributed by atoms with Gasteiger partial charge in [0.15, 0.2) is 12.6 Å². The third kappa shape index (κ3) is 22.0. The van der Waals surface area contributed by atoms with E-state index in [2.05, 4.69) is 304 Å². The predicted octanol–water partition coefficient (Wildman–Crippen LogP) is 25.2. The highest BCUT2D eigenvalue weighted by atomic mass is 127. The van der Waals surface area contributed by atoms with Crippen molar-refractivity contribution < 1.29 is 18.9 Å². The number of nitrogens with one attached hydrogen (secondary N) is 3. The number of H-pyrrole nitrogens is 1. The van der Waals surface area contributed by atoms with Crippen molar-refractivity contribution in [3.05, 3.63) is 124 Å². The van der Waals surface area contributed by atoms with Crippen molar-refractivity contribution in [1.82, 2.24) is 20.2 Å². The van der Waals surface area contributed by atoms with Crippen LogP contribution >= 0.6 is 22.6 Å². The lowest BCUT2D eigenvalue weighted by Crippen LogP contribution is -2.45. The van der Waals surface area contributed by atoms with Gasteiger partial charge in [-0.3, -0.25) is 0 Å². The minimum Gasteiger partial charge on any atom is -0.464 e. The SMILES string of the molecule is C.C.CC(C)(C)CC(C)(C)c1ccc(OC2CCCCO2)c(I)c1.CC[Si](CC)(CC)c1ccc2c(c1)[nH]c1cc([Si](CC)(CC)CC)ccc12.CC[Si](CC)(CC)c1ccc2c3ccc([Si](CC)(CC)CC)cc3n(-c3cc(C(C)(C)CC(C)(C)C)ccc3OC3CCCCO3)c2c1.CNCCNC. The molecule has 0 amide bonds. The lowest BCUT2D eigenvalue weighted by molar-refractivity contribution is -0.106. The first-order chi connectivity index (χ1) is 48.9. The lowest BCUT2D eigenvalue weighted by atomic mass is 9.72. The summed E-state index contributed by atoms with van der Waals surface area (Å²) < 4.78 is 28.5. The molecule has 0 spiro atoms. The van der Waals surface area contributed by atoms with E-state index in [1.807, 2.05) is 14.1 Å². The van der Waals surface area contributed by atoms with Gasteiger partial charge in [-0.05, 0) is 157 Å². The average Bonchev–Trinajstić information content (AvgIpc) is 1.60. The number of halogens is 1. The van der Waals surface area contributed by atoms with E-state index in [0.29, 0.717) is 5.41 Å². The summed E-state index contributed by atoms with van der Waals surface area (Å²) >= 11 is 2.38. The van der Waals surface area contributed by atoms with Crippen LogP contribution < -0.4 is 40.9 Å². The van der Waals surface area contributed by atoms with Crippen LogP contribution in [0.15, 0.2) is 109 Å². The maximum atomic E-state index is 6.87. The number of nitrogens with zero attached hydrogens (tertiary/aromatic N) is 1. The molecule has 0 aliphatic carbocycles. The molecule has 2 fully saturated rings. The van der Waals surface area contributed by atoms with Gasteiger partial charge in [-0.1, -0.05) is 321 Å². The maximum absolute atomic E-state index is 6.87. The second kappa shape index (κ2) is 40.2. The summed E-state index contributed by atoms with van der Waals surface area (Å²) in [6.45, 7) is 56.1. The average molecular weight is 1620 g/mol. The monoisotopic (exact) mass is 1610 g/mol. The molecule has 4 heterocycles. The Bertz CT molecular complexity index is 3750. The molecule has 2 saturated heterocycles. The van der Waals surface area contributed by atoms with Gasteiger partial charge in [-0.15, -0.1) is 0 Å². The molecular weight excluding hydrogens is 1460 g/mol. The van der Waals surface area contributed by atoms with E-state index < -0.39 is 32.3 Å². The van der Waals surface area contributed by atoms with Crippen LogP contribution in [0.1, 0.15) is 230 Å². The highest BCUT2D eigenvalue weighted by Crippen LogP contribution is 2.44. The van der Waals surface area contributed by atoms with Crippen LogP contribution in [0.5, 0.6) is 11.5 Å². The summed E-state index contributed by atoms with van der Waals surface area (Å²) in [4.78, 5) is 3.79. The van der Waals surface area contributed by atoms with Crippen molar-refractivity contribution in [2.45, 2.75) is 314 Å². The molecule has 3 N–H and O–H groups in total. The third-order valence-electron chi connectivity index (χ3n) is 25.0. The molecule has 0 bridgehead atoms. The molecule has 586 valence electrons. The number of hydrogen-bond donors (Lipinski definition) is 3. The van der Waals surface area contributed by atoms with Crippen molar-refractivity contribution in [1.29, 1.82) is 0 Å². The number of hydrogen-bond acceptors (Lipinski definition) is 6. The first-order valence-corrected chi connectivity index (χ1v) is 52.4. The number of aromatic amines is 1. The lowest BCUT2D eigenvalue weighted by Gasteiger charge is -2.34. The van der Waals surface area contributed by atoms with E-state index >= 15 is 0 Å². The van der Waals surface area contributed by atoms with Crippen LogP contribution in [0, 0.1) is 14.4 Å². The number of likely N-dealkylation sites (N-methyl/N-ethyl adjacent to an activating group) is 2. The normalized spacial score (nSPS) is 15.6. The van der Waals surface area contributed by atoms with E-state index in [9.17, 15) is 0 Å². The molecule has 13 heteroatoms. The van der Waals surface area contributed by atoms with Gasteiger partial charge in [0.25, 0.3) is 0 Å². The maximum Gasteiger partial charge on any atom is 0.199 e. The summed E-state index contributed by atoms with van der Waals surface area (Å²) in [5, 5.41) is 17.9. The van der Waals surface area contributed by atoms with Gasteiger partial charge in [0.1, 0.15) is 11.5 Å². The highest BCUT2D eigenvalue weighted by molar-refractivity contribution is 14.1. The highest BCUT2D eigenvalue weighted by Gasteiger charge is 2.36. The van der Waals surface area contributed by atoms with Crippen LogP contribution in [0.25, 0.3) is 49.3 Å². The Kier molecular flexibility index (Phi) is 35.1. The standard InChI is InChI=1S/C43H65NO2Si2.C24H37NSi2.C19H29IO2.C4H12N2.2CH4/c1-12-47(13-2,14-3)33-22-24-35-36-25-23-34(48(15-4,16-5)17-6)30-38(36)44(37(35)29-33)39-28-32(43(10,11)31-42(7,8)9)21-26-40(39)46-41-20-18-19-27-45-41;1-7-26(8-2,9-3)19-13-15-21-22-16-14-20(27(10-4,11-5)12-6)18-24(22)25-23(21)17-19;1-18(2,3)13-19(4,5)14-9-10-16(15(20)12-14)22-17-8-6-7-11-21-17;1-5-3-4-6-2;;/h21-26,28-30,41H,12-20,27,31H2,1-11H3;13-18,25H,7-12H2,1-6H3;9-10,12,17H,6-8,11,13H2,1-5H3;5-6H,3-4H2,1-2H3;2*1H4. The molecule has 2 atom stereocenters. The van der Waals surface area contributed by atoms with Gasteiger partial charge in [0.2, 0.25) is 0 Å². The van der Waals surface area contributed by atoms with Crippen molar-refractivity contribution in [2.75, 3.05) is 40.4 Å². The van der Waals surface area contributed by atoms with E-state index in [0.717, 1.165) is 88.4 Å². The van der Waals surface area contributed by atoms with Gasteiger partial charge in [-0.2, -0.15) is 0 Å². The minimum absolute atomic E-state index is 0. The Morgan fingerprint density at radius 3 is 1.06 bits per heavy atom. The van der Waals surface area contributed by atoms with E-state index in [4.69, 9.17) is 18.9 Å². The van der Waals surface area contributed by atoms with Crippen molar-refractivity contribution in [3.8, 4) is 17.2 Å². The fourth-order valence-electron chi connectivity index (χ4n) is 18.2. The zero-order valence-electron chi connectivity index (χ0n) is 69.5. The van der Waals surface area contributed by atoms with Crippen LogP contribution in [0.2, 0.25) is 72.5 Å². The Morgan fingerprint density at radius 1 is 0.419 bits per heavy atom. The number of benzene rings is 6. The Hall–Kier alpha value is -4.04. The second-order valence-electron chi connectivity index (χ2n) is 34.4. The Morgan fingerprint density at radius 2 is 0.743 bits per heavy atom. The Labute approximate surface area is 660 Å². The van der Waals surface area contributed by atoms with E-state index in [-0.39, 0.29) is 43.7 Å². The van der Waals surface area contributed by atoms with Crippen molar-refractivity contribution >= 4 is 119 Å². The molecule has 8 nitrogen and oxygen atoms in total. The fourth-order valence-corrected chi connectivity index (χ4v) is 33.3. The van der Waals surface area contributed by atoms with Crippen LogP contribution in [-0.4, -0.2) is 94.8 Å². The van der Waals surface area contributed by atoms with Gasteiger partial charge < -0.3 is 39.1 Å². The summed E-state index contributed by atoms with van der Waals surface area (Å²) in [6, 6.07) is 59.0. The summed E-state index contributed by atoms with van der Waals surface area (Å²) in [6.07, 6.45) is 8.51. The number of aromatic nitrogens is 2. The third-order valence-corrected chi connectivity index (χ3v) is 48.2. The minimum atomic E-state index is -1.62. The molecule has 2 aliphatic rings. The van der Waals surface area contributed by atoms with Crippen LogP contribution in [-0.2, 0) is 20.3 Å². The molecule has 0 radical (unpaired) electrons. The van der Waals surface area contributed by atoms with Gasteiger partial charge in [0, 0.05) is 58.5 Å². The summed E-state index contributed by atoms with van der Waals surface area (Å²) in [5.74, 6) is 1.88. The zero-order valence-corrected chi connectivity index (χ0v) is 75.6. The van der Waals surface area contributed by atoms with Crippen molar-refractivity contribution in [3.63, 3.8) is 0 Å². The van der Waals surface area contributed by atoms with Crippen LogP contribution in [0.4, 0.5) is 0 Å². The molecular formula is C92H151IN4O4Si4. The molecule has 105 heavy (non-hydrogen) atoms. The fraction of sp³-hybridized carbons (Fsp3) is 0.609. The molecule has 2 aliphatic heterocycles. The quantitative estimate of drug-likeness (QED) is 0.0258. The molecule has 2 unspecified atom stereocenters. The topological polar surface area (TPSA) is 81.7 Å². The molecule has 10 rings (SSSR count). The van der Waals surface area contributed by atoms with E-state index in [1.54, 1.807) is 20.7 Å². The Balaban J connectivity index is 0.000000293. The molecule has 8 aromatic rings. The number of fused-ring (bicyclic) bond motifs is 6. The number of rotatable bonds is 28.